The van der Waals surface area contributed by atoms with E-state index in [9.17, 15) is 4.79 Å². The molecule has 0 unspecified atom stereocenters. The van der Waals surface area contributed by atoms with Crippen LogP contribution >= 0.6 is 23.4 Å². The van der Waals surface area contributed by atoms with Gasteiger partial charge in [0, 0.05) is 6.07 Å². The van der Waals surface area contributed by atoms with Crippen LogP contribution < -0.4 is 11.1 Å². The molecule has 88 valence electrons. The summed E-state index contributed by atoms with van der Waals surface area (Å²) in [6.07, 6.45) is 1.05. The third kappa shape index (κ3) is 4.54. The number of anilines is 1. The summed E-state index contributed by atoms with van der Waals surface area (Å²) in [6, 6.07) is 1.59. The smallest absolute Gasteiger partial charge is 0.404 e. The fourth-order valence-corrected chi connectivity index (χ4v) is 1.52. The van der Waals surface area contributed by atoms with Crippen molar-refractivity contribution in [3.8, 4) is 0 Å². The van der Waals surface area contributed by atoms with Crippen LogP contribution in [0.2, 0.25) is 5.15 Å². The van der Waals surface area contributed by atoms with Crippen molar-refractivity contribution in [2.24, 2.45) is 5.73 Å². The van der Waals surface area contributed by atoms with Crippen molar-refractivity contribution in [3.63, 3.8) is 0 Å². The Kier molecular flexibility index (Phi) is 5.13. The fourth-order valence-electron chi connectivity index (χ4n) is 0.909. The van der Waals surface area contributed by atoms with Crippen LogP contribution in [0.1, 0.15) is 0 Å². The highest BCUT2D eigenvalue weighted by Gasteiger charge is 2.02. The number of halogens is 1. The lowest BCUT2D eigenvalue weighted by Gasteiger charge is -2.06. The number of nitrogens with zero attached hydrogens (tertiary/aromatic N) is 2. The number of ether oxygens (including phenoxy) is 1. The van der Waals surface area contributed by atoms with Gasteiger partial charge in [-0.25, -0.2) is 14.8 Å². The summed E-state index contributed by atoms with van der Waals surface area (Å²) in [5.41, 5.74) is 4.80. The van der Waals surface area contributed by atoms with Crippen molar-refractivity contribution in [1.82, 2.24) is 9.97 Å². The van der Waals surface area contributed by atoms with Gasteiger partial charge in [0.25, 0.3) is 0 Å². The average Bonchev–Trinajstić information content (AvgIpc) is 2.23. The number of thioether (sulfide) groups is 1. The molecule has 0 aliphatic heterocycles. The third-order valence-corrected chi connectivity index (χ3v) is 2.25. The molecule has 0 radical (unpaired) electrons. The zero-order valence-electron chi connectivity index (χ0n) is 8.57. The number of aromatic nitrogens is 2. The number of rotatable bonds is 5. The van der Waals surface area contributed by atoms with E-state index < -0.39 is 6.09 Å². The Hall–Kier alpha value is -1.21. The molecule has 6 nitrogen and oxygen atoms in total. The second kappa shape index (κ2) is 6.39. The van der Waals surface area contributed by atoms with Crippen LogP contribution in [0, 0.1) is 0 Å². The SMILES string of the molecule is CSc1nc(Cl)cc(NCCOC(N)=O)n1. The summed E-state index contributed by atoms with van der Waals surface area (Å²) in [4.78, 5) is 18.4. The molecule has 0 spiro atoms. The number of carbonyl (C=O) groups is 1. The Morgan fingerprint density at radius 2 is 2.44 bits per heavy atom. The Morgan fingerprint density at radius 3 is 3.06 bits per heavy atom. The number of hydrogen-bond acceptors (Lipinski definition) is 6. The van der Waals surface area contributed by atoms with E-state index in [1.165, 1.54) is 11.8 Å². The molecule has 1 aromatic rings. The molecule has 0 bridgehead atoms. The lowest BCUT2D eigenvalue weighted by Crippen LogP contribution is -2.18. The second-order valence-corrected chi connectivity index (χ2v) is 3.82. The molecule has 1 rings (SSSR count). The lowest BCUT2D eigenvalue weighted by atomic mass is 10.5. The summed E-state index contributed by atoms with van der Waals surface area (Å²) >= 11 is 7.17. The van der Waals surface area contributed by atoms with Gasteiger partial charge in [-0.05, 0) is 6.26 Å². The number of amides is 1. The van der Waals surface area contributed by atoms with E-state index in [-0.39, 0.29) is 6.61 Å². The minimum absolute atomic E-state index is 0.172. The highest BCUT2D eigenvalue weighted by Crippen LogP contribution is 2.16. The summed E-state index contributed by atoms with van der Waals surface area (Å²) in [6.45, 7) is 0.579. The zero-order chi connectivity index (χ0) is 12.0. The maximum absolute atomic E-state index is 10.3. The first-order valence-electron chi connectivity index (χ1n) is 4.36. The number of carbonyl (C=O) groups excluding carboxylic acids is 1. The second-order valence-electron chi connectivity index (χ2n) is 2.66. The highest BCUT2D eigenvalue weighted by atomic mass is 35.5. The van der Waals surface area contributed by atoms with Crippen LogP contribution in [-0.2, 0) is 4.74 Å². The molecule has 0 aliphatic carbocycles. The largest absolute Gasteiger partial charge is 0.448 e. The average molecular weight is 263 g/mol. The van der Waals surface area contributed by atoms with Crippen LogP contribution in [0.5, 0.6) is 0 Å². The van der Waals surface area contributed by atoms with E-state index in [0.29, 0.717) is 22.7 Å². The van der Waals surface area contributed by atoms with Gasteiger partial charge in [-0.3, -0.25) is 0 Å². The van der Waals surface area contributed by atoms with E-state index >= 15 is 0 Å². The summed E-state index contributed by atoms with van der Waals surface area (Å²) in [7, 11) is 0. The predicted octanol–water partition coefficient (Wildman–Crippen LogP) is 1.36. The molecular weight excluding hydrogens is 252 g/mol. The summed E-state index contributed by atoms with van der Waals surface area (Å²) in [5, 5.41) is 3.87. The first kappa shape index (κ1) is 12.9. The van der Waals surface area contributed by atoms with Crippen molar-refractivity contribution >= 4 is 35.3 Å². The number of hydrogen-bond donors (Lipinski definition) is 2. The van der Waals surface area contributed by atoms with Crippen LogP contribution in [0.25, 0.3) is 0 Å². The monoisotopic (exact) mass is 262 g/mol. The molecule has 8 heteroatoms. The van der Waals surface area contributed by atoms with Crippen molar-refractivity contribution in [3.05, 3.63) is 11.2 Å². The van der Waals surface area contributed by atoms with E-state index in [2.05, 4.69) is 20.0 Å². The van der Waals surface area contributed by atoms with Crippen LogP contribution in [0.3, 0.4) is 0 Å². The molecule has 16 heavy (non-hydrogen) atoms. The molecule has 3 N–H and O–H groups in total. The third-order valence-electron chi connectivity index (χ3n) is 1.51. The van der Waals surface area contributed by atoms with Gasteiger partial charge >= 0.3 is 6.09 Å². The highest BCUT2D eigenvalue weighted by molar-refractivity contribution is 7.98. The number of nitrogens with one attached hydrogen (secondary N) is 1. The first-order valence-corrected chi connectivity index (χ1v) is 5.96. The molecule has 1 amide bonds. The van der Waals surface area contributed by atoms with E-state index in [1.807, 2.05) is 6.26 Å². The van der Waals surface area contributed by atoms with Gasteiger partial charge in [-0.15, -0.1) is 0 Å². The van der Waals surface area contributed by atoms with Gasteiger partial charge in [-0.1, -0.05) is 23.4 Å². The van der Waals surface area contributed by atoms with Gasteiger partial charge in [0.15, 0.2) is 5.16 Å². The molecule has 0 saturated heterocycles. The van der Waals surface area contributed by atoms with E-state index in [4.69, 9.17) is 17.3 Å². The molecule has 0 fully saturated rings. The van der Waals surface area contributed by atoms with Gasteiger partial charge < -0.3 is 15.8 Å². The zero-order valence-corrected chi connectivity index (χ0v) is 10.1. The quantitative estimate of drug-likeness (QED) is 0.360. The Balaban J connectivity index is 2.47. The topological polar surface area (TPSA) is 90.1 Å². The van der Waals surface area contributed by atoms with Gasteiger partial charge in [0.1, 0.15) is 17.6 Å². The maximum Gasteiger partial charge on any atom is 0.404 e. The van der Waals surface area contributed by atoms with Crippen LogP contribution in [0.4, 0.5) is 10.6 Å². The molecule has 0 atom stereocenters. The molecule has 0 aromatic carbocycles. The van der Waals surface area contributed by atoms with Gasteiger partial charge in [0.2, 0.25) is 0 Å². The van der Waals surface area contributed by atoms with E-state index in [1.54, 1.807) is 6.07 Å². The van der Waals surface area contributed by atoms with Crippen molar-refractivity contribution in [1.29, 1.82) is 0 Å². The van der Waals surface area contributed by atoms with Gasteiger partial charge in [0.05, 0.1) is 6.54 Å². The number of nitrogens with two attached hydrogens (primary N) is 1. The van der Waals surface area contributed by atoms with Crippen LogP contribution in [0.15, 0.2) is 11.2 Å². The summed E-state index contributed by atoms with van der Waals surface area (Å²) < 4.78 is 4.55. The number of primary amides is 1. The fraction of sp³-hybridized carbons (Fsp3) is 0.375. The molecule has 0 saturated carbocycles. The molecule has 1 aromatic heterocycles. The first-order chi connectivity index (χ1) is 7.61. The molecule has 1 heterocycles. The maximum atomic E-state index is 10.3. The molecule has 0 aliphatic rings. The normalized spacial score (nSPS) is 9.88. The minimum Gasteiger partial charge on any atom is -0.448 e. The van der Waals surface area contributed by atoms with Gasteiger partial charge in [-0.2, -0.15) is 0 Å². The Labute approximate surface area is 102 Å². The lowest BCUT2D eigenvalue weighted by molar-refractivity contribution is 0.161. The Morgan fingerprint density at radius 1 is 1.69 bits per heavy atom. The predicted molar refractivity (Wildman–Crippen MR) is 62.8 cm³/mol. The van der Waals surface area contributed by atoms with E-state index in [0.717, 1.165) is 0 Å². The summed E-state index contributed by atoms with van der Waals surface area (Å²) in [5.74, 6) is 0.581. The van der Waals surface area contributed by atoms with Crippen molar-refractivity contribution < 1.29 is 9.53 Å². The van der Waals surface area contributed by atoms with Crippen LogP contribution in [-0.4, -0.2) is 35.5 Å². The Bertz CT molecular complexity index is 377. The molecular formula is C8H11ClN4O2S. The van der Waals surface area contributed by atoms with Crippen molar-refractivity contribution in [2.45, 2.75) is 5.16 Å². The minimum atomic E-state index is -0.799. The standard InChI is InChI=1S/C8H11ClN4O2S/c1-16-8-12-5(9)4-6(13-8)11-2-3-15-7(10)14/h4H,2-3H2,1H3,(H2,10,14)(H,11,12,13). The van der Waals surface area contributed by atoms with Crippen molar-refractivity contribution in [2.75, 3.05) is 24.7 Å².